The van der Waals surface area contributed by atoms with E-state index in [4.69, 9.17) is 4.74 Å². The molecule has 8 heteroatoms. The van der Waals surface area contributed by atoms with Crippen molar-refractivity contribution >= 4 is 33.2 Å². The van der Waals surface area contributed by atoms with Crippen molar-refractivity contribution in [3.63, 3.8) is 0 Å². The molecule has 3 aromatic carbocycles. The van der Waals surface area contributed by atoms with Crippen LogP contribution in [0.4, 0.5) is 11.4 Å². The highest BCUT2D eigenvalue weighted by Crippen LogP contribution is 2.47. The number of thioether (sulfide) groups is 1. The van der Waals surface area contributed by atoms with Crippen molar-refractivity contribution in [3.8, 4) is 5.75 Å². The van der Waals surface area contributed by atoms with Crippen LogP contribution in [0.15, 0.2) is 76.5 Å². The minimum absolute atomic E-state index is 0.223. The number of methoxy groups -OCH3 is 1. The van der Waals surface area contributed by atoms with E-state index in [-0.39, 0.29) is 18.0 Å². The van der Waals surface area contributed by atoms with Crippen molar-refractivity contribution in [1.82, 2.24) is 4.31 Å². The maximum atomic E-state index is 14.9. The molecule has 1 aliphatic heterocycles. The van der Waals surface area contributed by atoms with E-state index in [1.54, 1.807) is 17.5 Å². The lowest BCUT2D eigenvalue weighted by Gasteiger charge is -2.44. The normalized spacial score (nSPS) is 16.4. The van der Waals surface area contributed by atoms with Crippen LogP contribution in [0.25, 0.3) is 0 Å². The molecule has 0 saturated heterocycles. The number of aliphatic hydroxyl groups excluding tert-OH is 1. The molecule has 4 rings (SSSR count). The molecule has 0 amide bonds. The van der Waals surface area contributed by atoms with Gasteiger partial charge in [-0.25, -0.2) is 8.42 Å². The van der Waals surface area contributed by atoms with Crippen molar-refractivity contribution in [2.75, 3.05) is 24.8 Å². The largest absolute Gasteiger partial charge is 0.497 e. The Hall–Kier alpha value is -2.52. The predicted octanol–water partition coefficient (Wildman–Crippen LogP) is 7.37. The maximum Gasteiger partial charge on any atom is 0.246 e. The van der Waals surface area contributed by atoms with E-state index in [1.807, 2.05) is 54.8 Å². The number of sulfonamides is 1. The first kappa shape index (κ1) is 30.4. The zero-order chi connectivity index (χ0) is 28.8. The second-order valence-electron chi connectivity index (χ2n) is 10.5. The molecule has 0 aromatic heterocycles. The van der Waals surface area contributed by atoms with Crippen LogP contribution in [0, 0.1) is 0 Å². The van der Waals surface area contributed by atoms with Gasteiger partial charge in [0.25, 0.3) is 0 Å². The molecule has 0 bridgehead atoms. The Morgan fingerprint density at radius 2 is 1.62 bits per heavy atom. The molecule has 0 saturated carbocycles. The number of hydrogen-bond donors (Lipinski definition) is 1. The van der Waals surface area contributed by atoms with Gasteiger partial charge in [-0.15, -0.1) is 11.8 Å². The molecule has 1 N–H and O–H groups in total. The molecule has 3 aromatic rings. The lowest BCUT2D eigenvalue weighted by Crippen LogP contribution is -2.55. The summed E-state index contributed by atoms with van der Waals surface area (Å²) in [5, 5.41) is 10.2. The van der Waals surface area contributed by atoms with Crippen molar-refractivity contribution in [1.29, 1.82) is 0 Å². The highest BCUT2D eigenvalue weighted by Gasteiger charge is 2.48. The highest BCUT2D eigenvalue weighted by molar-refractivity contribution is 7.98. The van der Waals surface area contributed by atoms with E-state index in [0.29, 0.717) is 17.8 Å². The lowest BCUT2D eigenvalue weighted by molar-refractivity contribution is 0.153. The molecule has 1 aliphatic rings. The molecule has 1 heterocycles. The van der Waals surface area contributed by atoms with Gasteiger partial charge in [-0.3, -0.25) is 0 Å². The highest BCUT2D eigenvalue weighted by atomic mass is 32.2. The molecular formula is C32H42N2O4S2. The molecule has 0 radical (unpaired) electrons. The SMILES string of the molecule is CCCCC1(CCCC)CN(c2ccccc2)c2cc(SC)c(CO)cc2S(=O)(=O)N1Cc1ccc(OC)cc1. The first-order valence-electron chi connectivity index (χ1n) is 14.1. The molecule has 0 atom stereocenters. The van der Waals surface area contributed by atoms with Gasteiger partial charge in [-0.2, -0.15) is 4.31 Å². The van der Waals surface area contributed by atoms with Crippen LogP contribution in [-0.4, -0.2) is 43.3 Å². The minimum Gasteiger partial charge on any atom is -0.497 e. The number of anilines is 2. The zero-order valence-corrected chi connectivity index (χ0v) is 25.7. The minimum atomic E-state index is -3.96. The summed E-state index contributed by atoms with van der Waals surface area (Å²) < 4.78 is 37.0. The average molecular weight is 583 g/mol. The summed E-state index contributed by atoms with van der Waals surface area (Å²) in [6, 6.07) is 21.4. The Morgan fingerprint density at radius 3 is 2.17 bits per heavy atom. The number of fused-ring (bicyclic) bond motifs is 1. The number of ether oxygens (including phenoxy) is 1. The van der Waals surface area contributed by atoms with Crippen LogP contribution in [0.2, 0.25) is 0 Å². The van der Waals surface area contributed by atoms with Crippen LogP contribution in [-0.2, 0) is 23.2 Å². The molecular weight excluding hydrogens is 540 g/mol. The van der Waals surface area contributed by atoms with Crippen molar-refractivity contribution in [3.05, 3.63) is 77.9 Å². The van der Waals surface area contributed by atoms with E-state index in [2.05, 4.69) is 30.9 Å². The van der Waals surface area contributed by atoms with E-state index < -0.39 is 15.6 Å². The number of hydrogen-bond acceptors (Lipinski definition) is 6. The van der Waals surface area contributed by atoms with Crippen LogP contribution >= 0.6 is 11.8 Å². The number of rotatable bonds is 12. The summed E-state index contributed by atoms with van der Waals surface area (Å²) in [5.41, 5.74) is 2.55. The standard InChI is InChI=1S/C32H42N2O4S2/c1-5-7-18-32(19-8-6-2)24-33(27-12-10-9-11-13-27)29-21-30(39-4)26(23-35)20-31(29)40(36,37)34(32)22-25-14-16-28(38-3)17-15-25/h9-17,20-21,35H,5-8,18-19,22-24H2,1-4H3. The van der Waals surface area contributed by atoms with Crippen LogP contribution < -0.4 is 9.64 Å². The van der Waals surface area contributed by atoms with Crippen molar-refractivity contribution in [2.24, 2.45) is 0 Å². The number of aliphatic hydroxyl groups is 1. The maximum absolute atomic E-state index is 14.9. The third kappa shape index (κ3) is 6.20. The van der Waals surface area contributed by atoms with E-state index >= 15 is 0 Å². The fraction of sp³-hybridized carbons (Fsp3) is 0.438. The Kier molecular flexibility index (Phi) is 10.2. The van der Waals surface area contributed by atoms with E-state index in [0.717, 1.165) is 60.4 Å². The average Bonchev–Trinajstić information content (AvgIpc) is 3.06. The predicted molar refractivity (Wildman–Crippen MR) is 165 cm³/mol. The second kappa shape index (κ2) is 13.4. The summed E-state index contributed by atoms with van der Waals surface area (Å²) >= 11 is 1.52. The smallest absolute Gasteiger partial charge is 0.246 e. The van der Waals surface area contributed by atoms with Gasteiger partial charge < -0.3 is 14.7 Å². The van der Waals surface area contributed by atoms with Gasteiger partial charge in [0.2, 0.25) is 10.0 Å². The topological polar surface area (TPSA) is 70.1 Å². The Bertz CT molecular complexity index is 1350. The van der Waals surface area contributed by atoms with Gasteiger partial charge in [-0.1, -0.05) is 69.9 Å². The van der Waals surface area contributed by atoms with Gasteiger partial charge in [0, 0.05) is 23.7 Å². The third-order valence-electron chi connectivity index (χ3n) is 7.92. The Labute approximate surface area is 244 Å². The molecule has 0 aliphatic carbocycles. The summed E-state index contributed by atoms with van der Waals surface area (Å²) in [6.45, 7) is 4.91. The van der Waals surface area contributed by atoms with Crippen LogP contribution in [0.1, 0.15) is 63.5 Å². The molecule has 0 unspecified atom stereocenters. The molecule has 216 valence electrons. The first-order valence-corrected chi connectivity index (χ1v) is 16.8. The summed E-state index contributed by atoms with van der Waals surface area (Å²) in [7, 11) is -2.33. The molecule has 40 heavy (non-hydrogen) atoms. The van der Waals surface area contributed by atoms with Gasteiger partial charge in [-0.05, 0) is 66.6 Å². The van der Waals surface area contributed by atoms with Gasteiger partial charge in [0.05, 0.1) is 24.9 Å². The molecule has 6 nitrogen and oxygen atoms in total. The summed E-state index contributed by atoms with van der Waals surface area (Å²) in [6.07, 6.45) is 7.30. The number of unbranched alkanes of at least 4 members (excludes halogenated alkanes) is 2. The fourth-order valence-corrected chi connectivity index (χ4v) is 8.33. The number of para-hydroxylation sites is 1. The number of benzene rings is 3. The molecule has 0 spiro atoms. The first-order chi connectivity index (χ1) is 19.3. The van der Waals surface area contributed by atoms with Gasteiger partial charge in [0.15, 0.2) is 0 Å². The third-order valence-corrected chi connectivity index (χ3v) is 10.7. The number of nitrogens with zero attached hydrogens (tertiary/aromatic N) is 2. The Balaban J connectivity index is 2.01. The fourth-order valence-electron chi connectivity index (χ4n) is 5.69. The van der Waals surface area contributed by atoms with Gasteiger partial charge >= 0.3 is 0 Å². The quantitative estimate of drug-likeness (QED) is 0.225. The van der Waals surface area contributed by atoms with Gasteiger partial charge in [0.1, 0.15) is 10.6 Å². The summed E-state index contributed by atoms with van der Waals surface area (Å²) in [4.78, 5) is 3.34. The van der Waals surface area contributed by atoms with Crippen LogP contribution in [0.5, 0.6) is 5.75 Å². The zero-order valence-electron chi connectivity index (χ0n) is 24.1. The van der Waals surface area contributed by atoms with Crippen LogP contribution in [0.3, 0.4) is 0 Å². The summed E-state index contributed by atoms with van der Waals surface area (Å²) in [5.74, 6) is 0.739. The van der Waals surface area contributed by atoms with E-state index in [1.165, 1.54) is 11.8 Å². The van der Waals surface area contributed by atoms with E-state index in [9.17, 15) is 13.5 Å². The Morgan fingerprint density at radius 1 is 0.975 bits per heavy atom. The monoisotopic (exact) mass is 582 g/mol. The van der Waals surface area contributed by atoms with Crippen molar-refractivity contribution < 1.29 is 18.3 Å². The lowest BCUT2D eigenvalue weighted by atomic mass is 9.85. The second-order valence-corrected chi connectivity index (χ2v) is 13.2. The van der Waals surface area contributed by atoms with Crippen molar-refractivity contribution in [2.45, 2.75) is 80.9 Å². The molecule has 0 fully saturated rings.